The number of methoxy groups -OCH3 is 1. The summed E-state index contributed by atoms with van der Waals surface area (Å²) in [5.74, 6) is 0.509. The number of thiazole rings is 1. The number of likely N-dealkylation sites (N-methyl/N-ethyl adjacent to an activating group) is 2. The molecule has 214 valence electrons. The van der Waals surface area contributed by atoms with E-state index in [4.69, 9.17) is 14.5 Å². The van der Waals surface area contributed by atoms with E-state index in [2.05, 4.69) is 18.7 Å². The Labute approximate surface area is 241 Å². The van der Waals surface area contributed by atoms with Gasteiger partial charge in [0.05, 0.1) is 28.3 Å². The predicted octanol–water partition coefficient (Wildman–Crippen LogP) is 4.51. The lowest BCUT2D eigenvalue weighted by molar-refractivity contribution is 0.0978. The van der Waals surface area contributed by atoms with E-state index < -0.39 is 10.0 Å². The van der Waals surface area contributed by atoms with Crippen LogP contribution in [0.15, 0.2) is 47.4 Å². The number of sulfonamides is 1. The number of amides is 1. The molecule has 1 atom stereocenters. The van der Waals surface area contributed by atoms with Crippen LogP contribution in [0.5, 0.6) is 5.75 Å². The number of hydrogen-bond acceptors (Lipinski definition) is 8. The molecule has 12 heteroatoms. The Bertz CT molecular complexity index is 1340. The molecule has 1 aromatic heterocycles. The van der Waals surface area contributed by atoms with Gasteiger partial charge in [-0.2, -0.15) is 4.31 Å². The van der Waals surface area contributed by atoms with Crippen LogP contribution in [0.1, 0.15) is 37.0 Å². The highest BCUT2D eigenvalue weighted by Gasteiger charge is 2.27. The number of fused-ring (bicyclic) bond motifs is 1. The highest BCUT2D eigenvalue weighted by Crippen LogP contribution is 2.32. The van der Waals surface area contributed by atoms with Crippen molar-refractivity contribution in [3.05, 3.63) is 48.0 Å². The Morgan fingerprint density at radius 2 is 1.85 bits per heavy atom. The summed E-state index contributed by atoms with van der Waals surface area (Å²) in [4.78, 5) is 22.5. The first-order valence-corrected chi connectivity index (χ1v) is 15.2. The molecule has 39 heavy (non-hydrogen) atoms. The summed E-state index contributed by atoms with van der Waals surface area (Å²) in [6, 6.07) is 11.8. The van der Waals surface area contributed by atoms with Crippen LogP contribution in [0.2, 0.25) is 0 Å². The van der Waals surface area contributed by atoms with Crippen molar-refractivity contribution in [1.29, 1.82) is 0 Å². The van der Waals surface area contributed by atoms with Crippen LogP contribution >= 0.6 is 23.7 Å². The molecule has 0 saturated carbocycles. The molecule has 2 aromatic carbocycles. The Morgan fingerprint density at radius 3 is 2.46 bits per heavy atom. The largest absolute Gasteiger partial charge is 0.497 e. The number of hydrogen-bond donors (Lipinski definition) is 0. The number of carbonyl (C=O) groups excluding carboxylic acids is 1. The standard InChI is InChI=1S/C27H36N4O5S2.ClH/c1-5-30(6-2)15-16-31(27-28-24-14-11-21(35-4)18-25(24)37-27)26(32)20-9-12-23(13-10-20)38(33,34)29(3)19-22-8-7-17-36-22;/h9-14,18,22H,5-8,15-17,19H2,1-4H3;1H. The molecule has 1 unspecified atom stereocenters. The topological polar surface area (TPSA) is 92.3 Å². The van der Waals surface area contributed by atoms with Gasteiger partial charge in [0.1, 0.15) is 5.75 Å². The molecule has 2 heterocycles. The summed E-state index contributed by atoms with van der Waals surface area (Å²) >= 11 is 1.43. The van der Waals surface area contributed by atoms with Crippen molar-refractivity contribution in [3.8, 4) is 5.75 Å². The Kier molecular flexibility index (Phi) is 11.1. The number of aromatic nitrogens is 1. The Hall–Kier alpha value is -2.28. The number of carbonyl (C=O) groups is 1. The molecule has 3 aromatic rings. The fourth-order valence-electron chi connectivity index (χ4n) is 4.48. The van der Waals surface area contributed by atoms with Gasteiger partial charge in [-0.05, 0) is 68.4 Å². The van der Waals surface area contributed by atoms with Gasteiger partial charge in [0.25, 0.3) is 5.91 Å². The van der Waals surface area contributed by atoms with Gasteiger partial charge >= 0.3 is 0 Å². The molecule has 1 amide bonds. The molecule has 1 fully saturated rings. The number of ether oxygens (including phenoxy) is 2. The van der Waals surface area contributed by atoms with Crippen molar-refractivity contribution in [2.24, 2.45) is 0 Å². The summed E-state index contributed by atoms with van der Waals surface area (Å²) in [7, 11) is -0.513. The fraction of sp³-hybridized carbons (Fsp3) is 0.481. The van der Waals surface area contributed by atoms with E-state index in [9.17, 15) is 13.2 Å². The summed E-state index contributed by atoms with van der Waals surface area (Å²) in [6.07, 6.45) is 1.72. The lowest BCUT2D eigenvalue weighted by Crippen LogP contribution is -2.39. The zero-order chi connectivity index (χ0) is 27.3. The van der Waals surface area contributed by atoms with E-state index >= 15 is 0 Å². The summed E-state index contributed by atoms with van der Waals surface area (Å²) in [5, 5.41) is 0.596. The third kappa shape index (κ3) is 7.27. The van der Waals surface area contributed by atoms with Crippen LogP contribution < -0.4 is 9.64 Å². The van der Waals surface area contributed by atoms with E-state index in [1.54, 1.807) is 31.2 Å². The molecular weight excluding hydrogens is 560 g/mol. The van der Waals surface area contributed by atoms with E-state index in [0.29, 0.717) is 36.9 Å². The number of benzene rings is 2. The minimum atomic E-state index is -3.69. The van der Waals surface area contributed by atoms with E-state index in [1.807, 2.05) is 18.2 Å². The molecule has 1 aliphatic heterocycles. The van der Waals surface area contributed by atoms with Gasteiger partial charge < -0.3 is 14.4 Å². The average Bonchev–Trinajstić information content (AvgIpc) is 3.60. The molecule has 1 saturated heterocycles. The van der Waals surface area contributed by atoms with Crippen LogP contribution in [0.25, 0.3) is 10.2 Å². The molecule has 0 bridgehead atoms. The zero-order valence-corrected chi connectivity index (χ0v) is 25.3. The maximum Gasteiger partial charge on any atom is 0.260 e. The normalized spacial score (nSPS) is 15.6. The van der Waals surface area contributed by atoms with Gasteiger partial charge in [0.2, 0.25) is 10.0 Å². The zero-order valence-electron chi connectivity index (χ0n) is 22.8. The van der Waals surface area contributed by atoms with Gasteiger partial charge in [-0.15, -0.1) is 12.4 Å². The summed E-state index contributed by atoms with van der Waals surface area (Å²) < 4.78 is 39.4. The number of halogens is 1. The van der Waals surface area contributed by atoms with Crippen molar-refractivity contribution in [2.45, 2.75) is 37.7 Å². The summed E-state index contributed by atoms with van der Waals surface area (Å²) in [6.45, 7) is 8.07. The number of nitrogens with zero attached hydrogens (tertiary/aromatic N) is 4. The van der Waals surface area contributed by atoms with Gasteiger partial charge in [-0.25, -0.2) is 13.4 Å². The lowest BCUT2D eigenvalue weighted by atomic mass is 10.2. The third-order valence-corrected chi connectivity index (χ3v) is 9.77. The van der Waals surface area contributed by atoms with Crippen LogP contribution in [0.4, 0.5) is 5.13 Å². The van der Waals surface area contributed by atoms with E-state index in [-0.39, 0.29) is 29.3 Å². The Morgan fingerprint density at radius 1 is 1.13 bits per heavy atom. The van der Waals surface area contributed by atoms with Crippen molar-refractivity contribution >= 4 is 55.0 Å². The third-order valence-electron chi connectivity index (χ3n) is 6.89. The van der Waals surface area contributed by atoms with Gasteiger partial charge in [0.15, 0.2) is 5.13 Å². The van der Waals surface area contributed by atoms with E-state index in [1.165, 1.54) is 27.8 Å². The lowest BCUT2D eigenvalue weighted by Gasteiger charge is -2.25. The second-order valence-electron chi connectivity index (χ2n) is 9.26. The van der Waals surface area contributed by atoms with Gasteiger partial charge in [0, 0.05) is 38.9 Å². The average molecular weight is 597 g/mol. The molecule has 0 radical (unpaired) electrons. The molecule has 1 aliphatic rings. The van der Waals surface area contributed by atoms with Crippen molar-refractivity contribution in [1.82, 2.24) is 14.2 Å². The first-order valence-electron chi connectivity index (χ1n) is 12.9. The highest BCUT2D eigenvalue weighted by atomic mass is 35.5. The second kappa shape index (κ2) is 13.9. The number of rotatable bonds is 12. The fourth-order valence-corrected chi connectivity index (χ4v) is 6.70. The quantitative estimate of drug-likeness (QED) is 0.304. The van der Waals surface area contributed by atoms with Crippen LogP contribution in [0.3, 0.4) is 0 Å². The predicted molar refractivity (Wildman–Crippen MR) is 158 cm³/mol. The highest BCUT2D eigenvalue weighted by molar-refractivity contribution is 7.89. The van der Waals surface area contributed by atoms with Crippen LogP contribution in [0, 0.1) is 0 Å². The van der Waals surface area contributed by atoms with Crippen molar-refractivity contribution in [2.75, 3.05) is 58.4 Å². The first-order chi connectivity index (χ1) is 18.3. The SMILES string of the molecule is CCN(CC)CCN(C(=O)c1ccc(S(=O)(=O)N(C)CC2CCCO2)cc1)c1nc2ccc(OC)cc2s1.Cl. The molecule has 0 spiro atoms. The van der Waals surface area contributed by atoms with Gasteiger partial charge in [-0.1, -0.05) is 25.2 Å². The minimum absolute atomic E-state index is 0. The smallest absolute Gasteiger partial charge is 0.260 e. The molecular formula is C27H37ClN4O5S2. The molecule has 0 N–H and O–H groups in total. The molecule has 9 nitrogen and oxygen atoms in total. The number of anilines is 1. The van der Waals surface area contributed by atoms with Crippen molar-refractivity contribution < 1.29 is 22.7 Å². The first kappa shape index (κ1) is 31.3. The second-order valence-corrected chi connectivity index (χ2v) is 12.3. The maximum atomic E-state index is 13.7. The monoisotopic (exact) mass is 596 g/mol. The molecule has 4 rings (SSSR count). The minimum Gasteiger partial charge on any atom is -0.497 e. The van der Waals surface area contributed by atoms with Crippen molar-refractivity contribution in [3.63, 3.8) is 0 Å². The Balaban J connectivity index is 0.00000420. The van der Waals surface area contributed by atoms with Crippen LogP contribution in [-0.2, 0) is 14.8 Å². The van der Waals surface area contributed by atoms with E-state index in [0.717, 1.165) is 41.9 Å². The maximum absolute atomic E-state index is 13.7. The van der Waals surface area contributed by atoms with Gasteiger partial charge in [-0.3, -0.25) is 9.69 Å². The van der Waals surface area contributed by atoms with Crippen LogP contribution in [-0.4, -0.2) is 88.1 Å². The molecule has 0 aliphatic carbocycles. The summed E-state index contributed by atoms with van der Waals surface area (Å²) in [5.41, 5.74) is 1.20.